The first-order valence-electron chi connectivity index (χ1n) is 9.42. The number of nitrogens with zero attached hydrogens (tertiary/aromatic N) is 3. The Balaban J connectivity index is 1.76. The first kappa shape index (κ1) is 20.6. The van der Waals surface area contributed by atoms with Crippen LogP contribution >= 0.6 is 23.1 Å². The number of carbonyl (C=O) groups excluding carboxylic acids is 1. The number of hydrogen-bond acceptors (Lipinski definition) is 5. The van der Waals surface area contributed by atoms with E-state index in [1.165, 1.54) is 22.2 Å². The SMILES string of the molecule is CCc1ccccc1NC(=O)CSc1nnc(-c2csc(C)c2C)n1C(C)C. The predicted octanol–water partition coefficient (Wildman–Crippen LogP) is 5.50. The van der Waals surface area contributed by atoms with Gasteiger partial charge >= 0.3 is 0 Å². The van der Waals surface area contributed by atoms with E-state index in [2.05, 4.69) is 60.1 Å². The third kappa shape index (κ3) is 4.31. The average molecular weight is 415 g/mol. The highest BCUT2D eigenvalue weighted by atomic mass is 32.2. The van der Waals surface area contributed by atoms with Gasteiger partial charge in [0.2, 0.25) is 5.91 Å². The quantitative estimate of drug-likeness (QED) is 0.519. The topological polar surface area (TPSA) is 59.8 Å². The summed E-state index contributed by atoms with van der Waals surface area (Å²) in [6, 6.07) is 8.11. The molecule has 28 heavy (non-hydrogen) atoms. The van der Waals surface area contributed by atoms with E-state index in [4.69, 9.17) is 0 Å². The molecule has 5 nitrogen and oxygen atoms in total. The van der Waals surface area contributed by atoms with Crippen molar-refractivity contribution >= 4 is 34.7 Å². The number of aryl methyl sites for hydroxylation is 2. The van der Waals surface area contributed by atoms with Crippen molar-refractivity contribution in [1.82, 2.24) is 14.8 Å². The summed E-state index contributed by atoms with van der Waals surface area (Å²) in [6.07, 6.45) is 0.883. The van der Waals surface area contributed by atoms with Crippen molar-refractivity contribution in [1.29, 1.82) is 0 Å². The summed E-state index contributed by atoms with van der Waals surface area (Å²) in [4.78, 5) is 13.8. The highest BCUT2D eigenvalue weighted by Crippen LogP contribution is 2.33. The molecule has 0 aliphatic carbocycles. The van der Waals surface area contributed by atoms with Crippen LogP contribution in [0.2, 0.25) is 0 Å². The van der Waals surface area contributed by atoms with Gasteiger partial charge in [-0.2, -0.15) is 0 Å². The zero-order valence-corrected chi connectivity index (χ0v) is 18.6. The van der Waals surface area contributed by atoms with Gasteiger partial charge in [0.05, 0.1) is 5.75 Å². The molecule has 0 atom stereocenters. The van der Waals surface area contributed by atoms with Gasteiger partial charge in [-0.3, -0.25) is 9.36 Å². The summed E-state index contributed by atoms with van der Waals surface area (Å²) in [5.74, 6) is 1.13. The molecule has 0 aliphatic heterocycles. The summed E-state index contributed by atoms with van der Waals surface area (Å²) in [5, 5.41) is 14.7. The van der Waals surface area contributed by atoms with E-state index < -0.39 is 0 Å². The van der Waals surface area contributed by atoms with E-state index in [0.29, 0.717) is 5.75 Å². The zero-order chi connectivity index (χ0) is 20.3. The predicted molar refractivity (Wildman–Crippen MR) is 118 cm³/mol. The number of para-hydroxylation sites is 1. The van der Waals surface area contributed by atoms with Gasteiger partial charge in [0.15, 0.2) is 11.0 Å². The maximum atomic E-state index is 12.5. The summed E-state index contributed by atoms with van der Waals surface area (Å²) in [5.41, 5.74) is 4.38. The van der Waals surface area contributed by atoms with Crippen LogP contribution < -0.4 is 5.32 Å². The van der Waals surface area contributed by atoms with Crippen molar-refractivity contribution in [3.05, 3.63) is 45.6 Å². The lowest BCUT2D eigenvalue weighted by Crippen LogP contribution is -2.16. The molecule has 0 saturated heterocycles. The van der Waals surface area contributed by atoms with Crippen molar-refractivity contribution in [3.63, 3.8) is 0 Å². The van der Waals surface area contributed by atoms with Gasteiger partial charge in [-0.1, -0.05) is 36.9 Å². The Bertz CT molecular complexity index is 975. The largest absolute Gasteiger partial charge is 0.325 e. The van der Waals surface area contributed by atoms with E-state index in [1.807, 2.05) is 24.3 Å². The van der Waals surface area contributed by atoms with Crippen molar-refractivity contribution in [2.75, 3.05) is 11.1 Å². The lowest BCUT2D eigenvalue weighted by Gasteiger charge is -2.14. The summed E-state index contributed by atoms with van der Waals surface area (Å²) in [6.45, 7) is 10.5. The van der Waals surface area contributed by atoms with Crippen LogP contribution in [-0.4, -0.2) is 26.4 Å². The molecule has 1 amide bonds. The lowest BCUT2D eigenvalue weighted by molar-refractivity contribution is -0.113. The van der Waals surface area contributed by atoms with Crippen molar-refractivity contribution in [3.8, 4) is 11.4 Å². The minimum atomic E-state index is -0.0340. The molecular weight excluding hydrogens is 388 g/mol. The van der Waals surface area contributed by atoms with E-state index in [-0.39, 0.29) is 11.9 Å². The molecule has 0 unspecified atom stereocenters. The fourth-order valence-electron chi connectivity index (χ4n) is 3.03. The Morgan fingerprint density at radius 3 is 2.64 bits per heavy atom. The number of thiophene rings is 1. The number of nitrogens with one attached hydrogen (secondary N) is 1. The van der Waals surface area contributed by atoms with E-state index in [9.17, 15) is 4.79 Å². The number of hydrogen-bond donors (Lipinski definition) is 1. The molecule has 2 heterocycles. The maximum absolute atomic E-state index is 12.5. The summed E-state index contributed by atoms with van der Waals surface area (Å²) < 4.78 is 2.12. The monoisotopic (exact) mass is 414 g/mol. The van der Waals surface area contributed by atoms with Crippen LogP contribution in [0.15, 0.2) is 34.8 Å². The molecule has 7 heteroatoms. The Morgan fingerprint density at radius 1 is 1.25 bits per heavy atom. The van der Waals surface area contributed by atoms with Crippen LogP contribution in [0.1, 0.15) is 42.8 Å². The lowest BCUT2D eigenvalue weighted by atomic mass is 10.1. The van der Waals surface area contributed by atoms with E-state index >= 15 is 0 Å². The Hall–Kier alpha value is -2.12. The molecule has 148 valence electrons. The molecule has 1 N–H and O–H groups in total. The van der Waals surface area contributed by atoms with Crippen LogP contribution in [0.4, 0.5) is 5.69 Å². The Labute approximate surface area is 174 Å². The fraction of sp³-hybridized carbons (Fsp3) is 0.381. The van der Waals surface area contributed by atoms with Crippen LogP contribution in [0.25, 0.3) is 11.4 Å². The number of aromatic nitrogens is 3. The van der Waals surface area contributed by atoms with Gasteiger partial charge < -0.3 is 5.32 Å². The zero-order valence-electron chi connectivity index (χ0n) is 16.9. The first-order valence-corrected chi connectivity index (χ1v) is 11.3. The molecule has 0 radical (unpaired) electrons. The first-order chi connectivity index (χ1) is 13.4. The number of carbonyl (C=O) groups is 1. The summed E-state index contributed by atoms with van der Waals surface area (Å²) in [7, 11) is 0. The van der Waals surface area contributed by atoms with Gasteiger partial charge in [-0.25, -0.2) is 0 Å². The van der Waals surface area contributed by atoms with Gasteiger partial charge in [0, 0.05) is 27.5 Å². The third-order valence-corrected chi connectivity index (χ3v) is 6.67. The number of benzene rings is 1. The van der Waals surface area contributed by atoms with Crippen molar-refractivity contribution in [2.24, 2.45) is 0 Å². The van der Waals surface area contributed by atoms with Gasteiger partial charge in [-0.15, -0.1) is 21.5 Å². The smallest absolute Gasteiger partial charge is 0.234 e. The second-order valence-electron chi connectivity index (χ2n) is 6.95. The highest BCUT2D eigenvalue weighted by molar-refractivity contribution is 7.99. The minimum absolute atomic E-state index is 0.0340. The molecular formula is C21H26N4OS2. The Morgan fingerprint density at radius 2 is 2.00 bits per heavy atom. The van der Waals surface area contributed by atoms with Gasteiger partial charge in [-0.05, 0) is 51.3 Å². The number of rotatable bonds is 7. The molecule has 0 aliphatic rings. The Kier molecular flexibility index (Phi) is 6.57. The normalized spacial score (nSPS) is 11.2. The van der Waals surface area contributed by atoms with Crippen LogP contribution in [0, 0.1) is 13.8 Å². The molecule has 2 aromatic heterocycles. The third-order valence-electron chi connectivity index (χ3n) is 4.71. The van der Waals surface area contributed by atoms with Crippen molar-refractivity contribution < 1.29 is 4.79 Å². The molecule has 0 fully saturated rings. The van der Waals surface area contributed by atoms with Crippen LogP contribution in [0.5, 0.6) is 0 Å². The molecule has 1 aromatic carbocycles. The second-order valence-corrected chi connectivity index (χ2v) is 8.97. The van der Waals surface area contributed by atoms with E-state index in [1.54, 1.807) is 11.3 Å². The summed E-state index contributed by atoms with van der Waals surface area (Å²) >= 11 is 3.15. The van der Waals surface area contributed by atoms with E-state index in [0.717, 1.165) is 34.2 Å². The minimum Gasteiger partial charge on any atom is -0.325 e. The molecule has 0 saturated carbocycles. The van der Waals surface area contributed by atoms with Gasteiger partial charge in [0.25, 0.3) is 0 Å². The highest BCUT2D eigenvalue weighted by Gasteiger charge is 2.20. The van der Waals surface area contributed by atoms with Crippen molar-refractivity contribution in [2.45, 2.75) is 52.2 Å². The van der Waals surface area contributed by atoms with Gasteiger partial charge in [0.1, 0.15) is 0 Å². The van der Waals surface area contributed by atoms with Crippen LogP contribution in [0.3, 0.4) is 0 Å². The fourth-order valence-corrected chi connectivity index (χ4v) is 4.76. The molecule has 0 bridgehead atoms. The number of anilines is 1. The number of thioether (sulfide) groups is 1. The number of amides is 1. The maximum Gasteiger partial charge on any atom is 0.234 e. The molecule has 0 spiro atoms. The van der Waals surface area contributed by atoms with Crippen LogP contribution in [-0.2, 0) is 11.2 Å². The molecule has 3 aromatic rings. The standard InChI is InChI=1S/C21H26N4OS2/c1-6-16-9-7-8-10-18(16)22-19(26)12-28-21-24-23-20(25(21)13(2)3)17-11-27-15(5)14(17)4/h7-11,13H,6,12H2,1-5H3,(H,22,26). The average Bonchev–Trinajstić information content (AvgIpc) is 3.24. The molecule has 3 rings (SSSR count). The second kappa shape index (κ2) is 8.92.